The zero-order chi connectivity index (χ0) is 30.9. The Labute approximate surface area is 255 Å². The number of Topliss-reactive ketones (excluding diaryl/α,β-unsaturated/α-hetero) is 1. The SMILES string of the molecule is Cc1cc(C(=O)C[C@@H](Cc2ccccc2)[C@H](O)CCCc2cccc(C)c2F)cc(C(=O)N(C)[C@H](C)c2ccccc2)c1. The van der Waals surface area contributed by atoms with E-state index in [0.717, 1.165) is 16.7 Å². The lowest BCUT2D eigenvalue weighted by atomic mass is 9.85. The number of ketones is 1. The number of nitrogens with zero attached hydrogens (tertiary/aromatic N) is 1. The molecule has 5 heteroatoms. The van der Waals surface area contributed by atoms with Crippen molar-refractivity contribution >= 4 is 11.7 Å². The molecule has 0 bridgehead atoms. The minimum absolute atomic E-state index is 0.110. The standard InChI is InChI=1S/C38H42FNO3/c1-26-21-32(24-34(22-26)38(43)40(4)28(3)30-16-9-6-10-17-30)36(42)25-33(23-29-14-7-5-8-15-29)35(41)20-12-19-31-18-11-13-27(2)37(31)39/h5-11,13-18,21-22,24,28,33,35,41H,12,19-20,23,25H2,1-4H3/t28-,33-,35-/m1/s1. The first-order chi connectivity index (χ1) is 20.6. The van der Waals surface area contributed by atoms with Crippen molar-refractivity contribution in [2.24, 2.45) is 5.92 Å². The highest BCUT2D eigenvalue weighted by molar-refractivity contribution is 6.01. The average molecular weight is 580 g/mol. The van der Waals surface area contributed by atoms with Gasteiger partial charge in [0.2, 0.25) is 0 Å². The number of halogens is 1. The molecule has 0 radical (unpaired) electrons. The number of amides is 1. The van der Waals surface area contributed by atoms with Gasteiger partial charge in [0.15, 0.2) is 5.78 Å². The quantitative estimate of drug-likeness (QED) is 0.163. The van der Waals surface area contributed by atoms with Crippen LogP contribution in [0.25, 0.3) is 0 Å². The molecule has 0 aliphatic rings. The third-order valence-corrected chi connectivity index (χ3v) is 8.38. The van der Waals surface area contributed by atoms with Gasteiger partial charge in [0.1, 0.15) is 5.82 Å². The predicted octanol–water partition coefficient (Wildman–Crippen LogP) is 8.09. The predicted molar refractivity (Wildman–Crippen MR) is 171 cm³/mol. The van der Waals surface area contributed by atoms with Crippen LogP contribution in [-0.4, -0.2) is 34.8 Å². The number of hydrogen-bond acceptors (Lipinski definition) is 3. The summed E-state index contributed by atoms with van der Waals surface area (Å²) in [6.45, 7) is 5.62. The van der Waals surface area contributed by atoms with Gasteiger partial charge in [-0.3, -0.25) is 9.59 Å². The lowest BCUT2D eigenvalue weighted by molar-refractivity contribution is 0.0740. The Bertz CT molecular complexity index is 1520. The largest absolute Gasteiger partial charge is 0.393 e. The maximum absolute atomic E-state index is 14.5. The summed E-state index contributed by atoms with van der Waals surface area (Å²) >= 11 is 0. The Balaban J connectivity index is 1.49. The summed E-state index contributed by atoms with van der Waals surface area (Å²) in [4.78, 5) is 28.9. The average Bonchev–Trinajstić information content (AvgIpc) is 3.02. The molecule has 4 rings (SSSR count). The van der Waals surface area contributed by atoms with E-state index in [4.69, 9.17) is 0 Å². The number of benzene rings is 4. The number of aliphatic hydroxyl groups is 1. The first-order valence-electron chi connectivity index (χ1n) is 15.1. The molecule has 0 heterocycles. The van der Waals surface area contributed by atoms with Crippen LogP contribution in [0.4, 0.5) is 4.39 Å². The van der Waals surface area contributed by atoms with Gasteiger partial charge >= 0.3 is 0 Å². The van der Waals surface area contributed by atoms with Gasteiger partial charge < -0.3 is 10.0 Å². The number of rotatable bonds is 13. The number of carbonyl (C=O) groups is 2. The van der Waals surface area contributed by atoms with E-state index in [1.165, 1.54) is 0 Å². The Hall–Kier alpha value is -4.09. The molecular formula is C38H42FNO3. The lowest BCUT2D eigenvalue weighted by Crippen LogP contribution is -2.30. The van der Waals surface area contributed by atoms with Crippen LogP contribution >= 0.6 is 0 Å². The molecule has 4 aromatic carbocycles. The summed E-state index contributed by atoms with van der Waals surface area (Å²) < 4.78 is 14.5. The summed E-state index contributed by atoms with van der Waals surface area (Å²) in [7, 11) is 1.78. The Morgan fingerprint density at radius 1 is 0.860 bits per heavy atom. The van der Waals surface area contributed by atoms with Crippen LogP contribution in [0.5, 0.6) is 0 Å². The van der Waals surface area contributed by atoms with Gasteiger partial charge in [-0.25, -0.2) is 4.39 Å². The fraction of sp³-hybridized carbons (Fsp3) is 0.316. The highest BCUT2D eigenvalue weighted by Gasteiger charge is 2.25. The highest BCUT2D eigenvalue weighted by Crippen LogP contribution is 2.26. The second kappa shape index (κ2) is 14.9. The third kappa shape index (κ3) is 8.48. The van der Waals surface area contributed by atoms with Gasteiger partial charge in [-0.05, 0) is 98.4 Å². The zero-order valence-corrected chi connectivity index (χ0v) is 25.6. The summed E-state index contributed by atoms with van der Waals surface area (Å²) in [5.41, 5.74) is 5.10. The topological polar surface area (TPSA) is 57.6 Å². The van der Waals surface area contributed by atoms with Gasteiger partial charge in [-0.15, -0.1) is 0 Å². The molecular weight excluding hydrogens is 537 g/mol. The molecule has 0 aromatic heterocycles. The molecule has 4 aromatic rings. The molecule has 43 heavy (non-hydrogen) atoms. The van der Waals surface area contributed by atoms with Crippen molar-refractivity contribution in [1.82, 2.24) is 4.90 Å². The maximum atomic E-state index is 14.5. The summed E-state index contributed by atoms with van der Waals surface area (Å²) in [6.07, 6.45) is 1.53. The van der Waals surface area contributed by atoms with Crippen LogP contribution in [0.15, 0.2) is 97.1 Å². The van der Waals surface area contributed by atoms with E-state index in [-0.39, 0.29) is 35.9 Å². The van der Waals surface area contributed by atoms with E-state index >= 15 is 0 Å². The van der Waals surface area contributed by atoms with E-state index in [0.29, 0.717) is 47.9 Å². The van der Waals surface area contributed by atoms with Crippen molar-refractivity contribution < 1.29 is 19.1 Å². The maximum Gasteiger partial charge on any atom is 0.254 e. The number of carbonyl (C=O) groups excluding carboxylic acids is 2. The molecule has 0 aliphatic carbocycles. The van der Waals surface area contributed by atoms with E-state index in [9.17, 15) is 19.1 Å². The van der Waals surface area contributed by atoms with Crippen LogP contribution in [-0.2, 0) is 12.8 Å². The van der Waals surface area contributed by atoms with Crippen molar-refractivity contribution in [3.63, 3.8) is 0 Å². The van der Waals surface area contributed by atoms with Crippen LogP contribution in [0.2, 0.25) is 0 Å². The molecule has 0 aliphatic heterocycles. The zero-order valence-electron chi connectivity index (χ0n) is 25.6. The summed E-state index contributed by atoms with van der Waals surface area (Å²) in [6, 6.07) is 30.2. The molecule has 1 amide bonds. The van der Waals surface area contributed by atoms with Crippen molar-refractivity contribution in [2.45, 2.75) is 65.0 Å². The van der Waals surface area contributed by atoms with E-state index in [1.807, 2.05) is 92.7 Å². The summed E-state index contributed by atoms with van der Waals surface area (Å²) in [5.74, 6) is -0.779. The number of aliphatic hydroxyl groups excluding tert-OH is 1. The molecule has 3 atom stereocenters. The lowest BCUT2D eigenvalue weighted by Gasteiger charge is -2.26. The van der Waals surface area contributed by atoms with Crippen molar-refractivity contribution in [3.8, 4) is 0 Å². The summed E-state index contributed by atoms with van der Waals surface area (Å²) in [5, 5.41) is 11.3. The second-order valence-electron chi connectivity index (χ2n) is 11.7. The smallest absolute Gasteiger partial charge is 0.254 e. The molecule has 0 spiro atoms. The first kappa shape index (κ1) is 31.8. The van der Waals surface area contributed by atoms with E-state index in [1.54, 1.807) is 37.1 Å². The van der Waals surface area contributed by atoms with E-state index < -0.39 is 6.10 Å². The molecule has 0 fully saturated rings. The number of hydrogen-bond donors (Lipinski definition) is 1. The van der Waals surface area contributed by atoms with Crippen molar-refractivity contribution in [2.75, 3.05) is 7.05 Å². The fourth-order valence-electron chi connectivity index (χ4n) is 5.66. The molecule has 0 saturated carbocycles. The third-order valence-electron chi connectivity index (χ3n) is 8.38. The molecule has 0 unspecified atom stereocenters. The van der Waals surface area contributed by atoms with Crippen molar-refractivity contribution in [3.05, 3.63) is 142 Å². The Morgan fingerprint density at radius 3 is 2.21 bits per heavy atom. The van der Waals surface area contributed by atoms with Crippen LogP contribution in [0.1, 0.15) is 80.8 Å². The van der Waals surface area contributed by atoms with Gasteiger partial charge in [0.05, 0.1) is 12.1 Å². The van der Waals surface area contributed by atoms with Crippen LogP contribution in [0, 0.1) is 25.6 Å². The highest BCUT2D eigenvalue weighted by atomic mass is 19.1. The van der Waals surface area contributed by atoms with Crippen LogP contribution < -0.4 is 0 Å². The Morgan fingerprint density at radius 2 is 1.51 bits per heavy atom. The van der Waals surface area contributed by atoms with Gasteiger partial charge in [0, 0.05) is 24.6 Å². The number of aryl methyl sites for hydroxylation is 3. The normalized spacial score (nSPS) is 13.3. The molecule has 4 nitrogen and oxygen atoms in total. The van der Waals surface area contributed by atoms with Gasteiger partial charge in [-0.2, -0.15) is 0 Å². The fourth-order valence-corrected chi connectivity index (χ4v) is 5.66. The minimum Gasteiger partial charge on any atom is -0.393 e. The van der Waals surface area contributed by atoms with Gasteiger partial charge in [0.25, 0.3) is 5.91 Å². The second-order valence-corrected chi connectivity index (χ2v) is 11.7. The monoisotopic (exact) mass is 579 g/mol. The molecule has 224 valence electrons. The minimum atomic E-state index is -0.735. The van der Waals surface area contributed by atoms with E-state index in [2.05, 4.69) is 0 Å². The van der Waals surface area contributed by atoms with Crippen molar-refractivity contribution in [1.29, 1.82) is 0 Å². The molecule has 0 saturated heterocycles. The van der Waals surface area contributed by atoms with Crippen LogP contribution in [0.3, 0.4) is 0 Å². The molecule has 1 N–H and O–H groups in total. The first-order valence-corrected chi connectivity index (χ1v) is 15.1. The Kier molecular flexibility index (Phi) is 11.0. The van der Waals surface area contributed by atoms with Gasteiger partial charge in [-0.1, -0.05) is 78.9 Å².